The van der Waals surface area contributed by atoms with Gasteiger partial charge in [-0.25, -0.2) is 0 Å². The Morgan fingerprint density at radius 1 is 1.26 bits per heavy atom. The first-order chi connectivity index (χ1) is 9.20. The van der Waals surface area contributed by atoms with Crippen LogP contribution in [0.4, 0.5) is 5.69 Å². The van der Waals surface area contributed by atoms with E-state index in [1.54, 1.807) is 23.2 Å². The lowest BCUT2D eigenvalue weighted by Crippen LogP contribution is -2.51. The number of aromatic nitrogens is 1. The van der Waals surface area contributed by atoms with Crippen LogP contribution in [0.5, 0.6) is 0 Å². The van der Waals surface area contributed by atoms with Crippen molar-refractivity contribution in [2.75, 3.05) is 31.5 Å². The van der Waals surface area contributed by atoms with Gasteiger partial charge in [0, 0.05) is 32.4 Å². The lowest BCUT2D eigenvalue weighted by Gasteiger charge is -2.31. The van der Waals surface area contributed by atoms with E-state index in [1.165, 1.54) is 11.1 Å². The normalized spacial score (nSPS) is 14.9. The van der Waals surface area contributed by atoms with Crippen molar-refractivity contribution < 1.29 is 14.4 Å². The highest BCUT2D eigenvalue weighted by atomic mass is 16.2. The average molecular weight is 262 g/mol. The van der Waals surface area contributed by atoms with Crippen molar-refractivity contribution in [2.45, 2.75) is 0 Å². The smallest absolute Gasteiger partial charge is 0.313 e. The summed E-state index contributed by atoms with van der Waals surface area (Å²) in [5.74, 6) is -1.28. The fraction of sp³-hybridized carbons (Fsp3) is 0.333. The highest BCUT2D eigenvalue weighted by Crippen LogP contribution is 2.05. The molecular weight excluding hydrogens is 248 g/mol. The molecule has 0 saturated carbocycles. The maximum absolute atomic E-state index is 11.9. The van der Waals surface area contributed by atoms with Gasteiger partial charge in [0.15, 0.2) is 0 Å². The molecule has 2 heterocycles. The summed E-state index contributed by atoms with van der Waals surface area (Å²) in [5, 5.41) is 2.49. The number of anilines is 1. The van der Waals surface area contributed by atoms with E-state index >= 15 is 0 Å². The molecule has 0 unspecified atom stereocenters. The van der Waals surface area contributed by atoms with Gasteiger partial charge in [-0.2, -0.15) is 0 Å². The molecule has 1 aromatic rings. The molecule has 0 radical (unpaired) electrons. The first kappa shape index (κ1) is 13.0. The average Bonchev–Trinajstić information content (AvgIpc) is 2.47. The van der Waals surface area contributed by atoms with Crippen LogP contribution in [-0.4, -0.2) is 59.2 Å². The molecule has 0 aliphatic carbocycles. The van der Waals surface area contributed by atoms with Crippen molar-refractivity contribution in [3.05, 3.63) is 24.5 Å². The van der Waals surface area contributed by atoms with Crippen LogP contribution < -0.4 is 5.32 Å². The maximum Gasteiger partial charge on any atom is 0.313 e. The number of pyridine rings is 1. The Balaban J connectivity index is 1.89. The summed E-state index contributed by atoms with van der Waals surface area (Å²) in [5.41, 5.74) is 0.479. The summed E-state index contributed by atoms with van der Waals surface area (Å²) in [6.07, 6.45) is 3.79. The van der Waals surface area contributed by atoms with Gasteiger partial charge in [-0.05, 0) is 12.1 Å². The second-order valence-electron chi connectivity index (χ2n) is 4.13. The van der Waals surface area contributed by atoms with Gasteiger partial charge in [-0.15, -0.1) is 0 Å². The molecule has 2 rings (SSSR count). The Bertz CT molecular complexity index is 469. The van der Waals surface area contributed by atoms with Crippen molar-refractivity contribution in [2.24, 2.45) is 0 Å². The minimum Gasteiger partial charge on any atom is -0.342 e. The molecule has 0 aromatic carbocycles. The van der Waals surface area contributed by atoms with Crippen LogP contribution >= 0.6 is 0 Å². The molecular formula is C12H14N4O3. The number of hydrogen-bond donors (Lipinski definition) is 1. The van der Waals surface area contributed by atoms with Crippen molar-refractivity contribution in [1.29, 1.82) is 0 Å². The zero-order valence-electron chi connectivity index (χ0n) is 10.3. The molecule has 19 heavy (non-hydrogen) atoms. The van der Waals surface area contributed by atoms with E-state index in [-0.39, 0.29) is 0 Å². The van der Waals surface area contributed by atoms with E-state index in [0.717, 1.165) is 6.41 Å². The van der Waals surface area contributed by atoms with Gasteiger partial charge in [0.1, 0.15) is 0 Å². The Morgan fingerprint density at radius 2 is 2.00 bits per heavy atom. The van der Waals surface area contributed by atoms with Gasteiger partial charge < -0.3 is 15.1 Å². The van der Waals surface area contributed by atoms with Crippen molar-refractivity contribution in [1.82, 2.24) is 14.8 Å². The minimum absolute atomic E-state index is 0.373. The van der Waals surface area contributed by atoms with Crippen molar-refractivity contribution >= 4 is 23.9 Å². The number of piperazine rings is 1. The maximum atomic E-state index is 11.9. The standard InChI is InChI=1S/C12H14N4O3/c17-9-15-4-6-16(7-5-15)12(19)11(18)14-10-2-1-3-13-8-10/h1-3,8-9H,4-7H2,(H,14,18). The Hall–Kier alpha value is -2.44. The zero-order chi connectivity index (χ0) is 13.7. The number of carbonyl (C=O) groups excluding carboxylic acids is 3. The molecule has 0 bridgehead atoms. The summed E-state index contributed by atoms with van der Waals surface area (Å²) in [7, 11) is 0. The van der Waals surface area contributed by atoms with Crippen LogP contribution in [0, 0.1) is 0 Å². The molecule has 1 aliphatic rings. The highest BCUT2D eigenvalue weighted by molar-refractivity contribution is 6.39. The number of hydrogen-bond acceptors (Lipinski definition) is 4. The number of amides is 3. The number of carbonyl (C=O) groups is 3. The SMILES string of the molecule is O=CN1CCN(C(=O)C(=O)Nc2cccnc2)CC1. The minimum atomic E-state index is -0.687. The molecule has 1 fully saturated rings. The first-order valence-corrected chi connectivity index (χ1v) is 5.90. The Kier molecular flexibility index (Phi) is 4.07. The molecule has 100 valence electrons. The fourth-order valence-electron chi connectivity index (χ4n) is 1.80. The monoisotopic (exact) mass is 262 g/mol. The summed E-state index contributed by atoms with van der Waals surface area (Å²) < 4.78 is 0. The molecule has 1 N–H and O–H groups in total. The van der Waals surface area contributed by atoms with Gasteiger partial charge in [-0.3, -0.25) is 19.4 Å². The van der Waals surface area contributed by atoms with E-state index in [2.05, 4.69) is 10.3 Å². The third kappa shape index (κ3) is 3.27. The first-order valence-electron chi connectivity index (χ1n) is 5.90. The van der Waals surface area contributed by atoms with E-state index in [1.807, 2.05) is 0 Å². The predicted octanol–water partition coefficient (Wildman–Crippen LogP) is -0.679. The second kappa shape index (κ2) is 5.94. The van der Waals surface area contributed by atoms with Gasteiger partial charge >= 0.3 is 11.8 Å². The van der Waals surface area contributed by atoms with Crippen LogP contribution in [-0.2, 0) is 14.4 Å². The largest absolute Gasteiger partial charge is 0.342 e. The fourth-order valence-corrected chi connectivity index (χ4v) is 1.80. The topological polar surface area (TPSA) is 82.6 Å². The molecule has 1 aliphatic heterocycles. The third-order valence-corrected chi connectivity index (χ3v) is 2.86. The molecule has 7 nitrogen and oxygen atoms in total. The van der Waals surface area contributed by atoms with Gasteiger partial charge in [-0.1, -0.05) is 0 Å². The number of rotatable bonds is 2. The summed E-state index contributed by atoms with van der Waals surface area (Å²) in [4.78, 5) is 41.0. The summed E-state index contributed by atoms with van der Waals surface area (Å²) in [6.45, 7) is 1.65. The molecule has 3 amide bonds. The van der Waals surface area contributed by atoms with Crippen molar-refractivity contribution in [3.8, 4) is 0 Å². The van der Waals surface area contributed by atoms with Crippen LogP contribution in [0.2, 0.25) is 0 Å². The Morgan fingerprint density at radius 3 is 2.58 bits per heavy atom. The molecule has 1 aromatic heterocycles. The summed E-state index contributed by atoms with van der Waals surface area (Å²) in [6, 6.07) is 3.32. The van der Waals surface area contributed by atoms with E-state index in [9.17, 15) is 14.4 Å². The highest BCUT2D eigenvalue weighted by Gasteiger charge is 2.25. The van der Waals surface area contributed by atoms with E-state index in [4.69, 9.17) is 0 Å². The lowest BCUT2D eigenvalue weighted by atomic mass is 10.3. The second-order valence-corrected chi connectivity index (χ2v) is 4.13. The third-order valence-electron chi connectivity index (χ3n) is 2.86. The predicted molar refractivity (Wildman–Crippen MR) is 67.1 cm³/mol. The molecule has 1 saturated heterocycles. The molecule has 0 spiro atoms. The van der Waals surface area contributed by atoms with Gasteiger partial charge in [0.05, 0.1) is 11.9 Å². The molecule has 0 atom stereocenters. The quantitative estimate of drug-likeness (QED) is 0.565. The summed E-state index contributed by atoms with van der Waals surface area (Å²) >= 11 is 0. The van der Waals surface area contributed by atoms with Gasteiger partial charge in [0.2, 0.25) is 6.41 Å². The van der Waals surface area contributed by atoms with Crippen LogP contribution in [0.25, 0.3) is 0 Å². The molecule has 7 heteroatoms. The van der Waals surface area contributed by atoms with Crippen LogP contribution in [0.15, 0.2) is 24.5 Å². The van der Waals surface area contributed by atoms with Crippen LogP contribution in [0.1, 0.15) is 0 Å². The zero-order valence-corrected chi connectivity index (χ0v) is 10.3. The van der Waals surface area contributed by atoms with E-state index < -0.39 is 11.8 Å². The van der Waals surface area contributed by atoms with Crippen LogP contribution in [0.3, 0.4) is 0 Å². The van der Waals surface area contributed by atoms with E-state index in [0.29, 0.717) is 31.9 Å². The number of nitrogens with one attached hydrogen (secondary N) is 1. The van der Waals surface area contributed by atoms with Gasteiger partial charge in [0.25, 0.3) is 0 Å². The lowest BCUT2D eigenvalue weighted by molar-refractivity contribution is -0.144. The number of nitrogens with zero attached hydrogens (tertiary/aromatic N) is 3. The Labute approximate surface area is 110 Å². The van der Waals surface area contributed by atoms with Crippen molar-refractivity contribution in [3.63, 3.8) is 0 Å².